The van der Waals surface area contributed by atoms with Crippen molar-refractivity contribution in [3.63, 3.8) is 0 Å². The lowest BCUT2D eigenvalue weighted by molar-refractivity contribution is 0.540. The largest absolute Gasteiger partial charge is 0.363 e. The molecule has 0 aliphatic heterocycles. The summed E-state index contributed by atoms with van der Waals surface area (Å²) in [4.78, 5) is 0. The number of hydrogen-bond donors (Lipinski definition) is 1. The van der Waals surface area contributed by atoms with Crippen LogP contribution in [0.25, 0.3) is 0 Å². The molecule has 0 atom stereocenters. The fourth-order valence-electron chi connectivity index (χ4n) is 1.30. The number of thioether (sulfide) groups is 1. The molecule has 0 aliphatic carbocycles. The van der Waals surface area contributed by atoms with Crippen LogP contribution in [-0.4, -0.2) is 37.5 Å². The number of aryl methyl sites for hydroxylation is 1. The zero-order chi connectivity index (χ0) is 12.8. The number of anilines is 1. The maximum Gasteiger partial charge on any atom is 0.206 e. The number of rotatable bonds is 7. The molecule has 0 bridgehead atoms. The van der Waals surface area contributed by atoms with Crippen LogP contribution in [0, 0.1) is 0 Å². The van der Waals surface area contributed by atoms with Gasteiger partial charge in [0.15, 0.2) is 10.2 Å². The quantitative estimate of drug-likeness (QED) is 0.775. The Bertz CT molecular complexity index is 481. The molecule has 0 spiro atoms. The summed E-state index contributed by atoms with van der Waals surface area (Å²) in [6, 6.07) is 0. The molecule has 0 unspecified atom stereocenters. The van der Waals surface area contributed by atoms with Crippen molar-refractivity contribution in [3.05, 3.63) is 5.82 Å². The van der Waals surface area contributed by atoms with Gasteiger partial charge in [0, 0.05) is 13.6 Å². The molecular formula is C9H15N7S2. The maximum absolute atomic E-state index is 4.07. The van der Waals surface area contributed by atoms with E-state index in [1.165, 1.54) is 11.3 Å². The highest BCUT2D eigenvalue weighted by molar-refractivity contribution is 8.00. The van der Waals surface area contributed by atoms with Crippen molar-refractivity contribution < 1.29 is 0 Å². The minimum atomic E-state index is 0.717. The molecule has 7 nitrogen and oxygen atoms in total. The van der Waals surface area contributed by atoms with Gasteiger partial charge in [-0.25, -0.2) is 4.68 Å². The summed E-state index contributed by atoms with van der Waals surface area (Å²) < 4.78 is 2.78. The third-order valence-corrected chi connectivity index (χ3v) is 4.34. The summed E-state index contributed by atoms with van der Waals surface area (Å²) in [5.74, 6) is 1.60. The van der Waals surface area contributed by atoms with E-state index in [9.17, 15) is 0 Å². The van der Waals surface area contributed by atoms with E-state index < -0.39 is 0 Å². The molecule has 2 heterocycles. The van der Waals surface area contributed by atoms with Crippen molar-refractivity contribution in [1.29, 1.82) is 0 Å². The van der Waals surface area contributed by atoms with E-state index in [0.29, 0.717) is 0 Å². The topological polar surface area (TPSA) is 81.4 Å². The monoisotopic (exact) mass is 285 g/mol. The van der Waals surface area contributed by atoms with E-state index in [4.69, 9.17) is 0 Å². The number of nitrogens with zero attached hydrogens (tertiary/aromatic N) is 6. The Morgan fingerprint density at radius 1 is 1.33 bits per heavy atom. The predicted molar refractivity (Wildman–Crippen MR) is 71.7 cm³/mol. The van der Waals surface area contributed by atoms with Crippen LogP contribution in [0.3, 0.4) is 0 Å². The van der Waals surface area contributed by atoms with Crippen LogP contribution in [0.15, 0.2) is 4.34 Å². The van der Waals surface area contributed by atoms with Crippen molar-refractivity contribution in [3.8, 4) is 0 Å². The fraction of sp³-hybridized carbons (Fsp3) is 0.667. The molecule has 0 aliphatic rings. The van der Waals surface area contributed by atoms with E-state index in [1.807, 2.05) is 11.7 Å². The molecule has 2 aromatic heterocycles. The van der Waals surface area contributed by atoms with Gasteiger partial charge in [0.25, 0.3) is 0 Å². The second kappa shape index (κ2) is 6.64. The van der Waals surface area contributed by atoms with Gasteiger partial charge in [0.2, 0.25) is 5.13 Å². The Labute approximate surface area is 113 Å². The van der Waals surface area contributed by atoms with Crippen LogP contribution in [0.2, 0.25) is 0 Å². The predicted octanol–water partition coefficient (Wildman–Crippen LogP) is 1.66. The SMILES string of the molecule is CCCCn1nnnc1CSc1nnc(NC)s1. The van der Waals surface area contributed by atoms with Crippen molar-refractivity contribution in [2.24, 2.45) is 0 Å². The minimum Gasteiger partial charge on any atom is -0.363 e. The summed E-state index contributed by atoms with van der Waals surface area (Å²) in [6.45, 7) is 3.02. The first kappa shape index (κ1) is 13.2. The third kappa shape index (κ3) is 3.39. The van der Waals surface area contributed by atoms with E-state index in [-0.39, 0.29) is 0 Å². The highest BCUT2D eigenvalue weighted by Crippen LogP contribution is 2.27. The summed E-state index contributed by atoms with van der Waals surface area (Å²) in [5, 5.41) is 23.6. The Kier molecular flexibility index (Phi) is 4.88. The van der Waals surface area contributed by atoms with Crippen LogP contribution >= 0.6 is 23.1 Å². The average molecular weight is 285 g/mol. The Morgan fingerprint density at radius 3 is 2.94 bits per heavy atom. The molecule has 2 aromatic rings. The van der Waals surface area contributed by atoms with Crippen molar-refractivity contribution in [1.82, 2.24) is 30.4 Å². The number of hydrogen-bond acceptors (Lipinski definition) is 8. The van der Waals surface area contributed by atoms with E-state index >= 15 is 0 Å². The molecule has 2 rings (SSSR count). The normalized spacial score (nSPS) is 10.8. The maximum atomic E-state index is 4.07. The fourth-order valence-corrected chi connectivity index (χ4v) is 2.94. The molecule has 0 saturated heterocycles. The van der Waals surface area contributed by atoms with Gasteiger partial charge in [-0.05, 0) is 16.8 Å². The van der Waals surface area contributed by atoms with Gasteiger partial charge in [-0.15, -0.1) is 15.3 Å². The minimum absolute atomic E-state index is 0.717. The first-order chi connectivity index (χ1) is 8.83. The van der Waals surface area contributed by atoms with Crippen molar-refractivity contribution >= 4 is 28.2 Å². The van der Waals surface area contributed by atoms with Gasteiger partial charge in [0.05, 0.1) is 5.75 Å². The molecule has 98 valence electrons. The standard InChI is InChI=1S/C9H15N7S2/c1-3-4-5-16-7(11-14-15-16)6-17-9-13-12-8(10-2)18-9/h3-6H2,1-2H3,(H,10,12). The zero-order valence-electron chi connectivity index (χ0n) is 10.3. The lowest BCUT2D eigenvalue weighted by Gasteiger charge is -2.01. The van der Waals surface area contributed by atoms with E-state index in [1.54, 1.807) is 11.8 Å². The summed E-state index contributed by atoms with van der Waals surface area (Å²) in [7, 11) is 1.83. The van der Waals surface area contributed by atoms with E-state index in [0.717, 1.165) is 40.4 Å². The van der Waals surface area contributed by atoms with Crippen LogP contribution in [0.4, 0.5) is 5.13 Å². The highest BCUT2D eigenvalue weighted by Gasteiger charge is 2.09. The summed E-state index contributed by atoms with van der Waals surface area (Å²) in [6.07, 6.45) is 2.22. The highest BCUT2D eigenvalue weighted by atomic mass is 32.2. The number of nitrogens with one attached hydrogen (secondary N) is 1. The molecule has 0 fully saturated rings. The molecule has 0 radical (unpaired) electrons. The summed E-state index contributed by atoms with van der Waals surface area (Å²) in [5.41, 5.74) is 0. The Morgan fingerprint density at radius 2 is 2.22 bits per heavy atom. The second-order valence-electron chi connectivity index (χ2n) is 3.58. The van der Waals surface area contributed by atoms with Crippen molar-refractivity contribution in [2.45, 2.75) is 36.4 Å². The van der Waals surface area contributed by atoms with Gasteiger partial charge in [-0.3, -0.25) is 0 Å². The van der Waals surface area contributed by atoms with Gasteiger partial charge in [-0.2, -0.15) is 0 Å². The molecular weight excluding hydrogens is 270 g/mol. The first-order valence-electron chi connectivity index (χ1n) is 5.72. The number of aromatic nitrogens is 6. The van der Waals surface area contributed by atoms with Crippen LogP contribution in [0.1, 0.15) is 25.6 Å². The molecule has 1 N–H and O–H groups in total. The summed E-state index contributed by atoms with van der Waals surface area (Å²) >= 11 is 3.13. The van der Waals surface area contributed by atoms with Crippen LogP contribution in [-0.2, 0) is 12.3 Å². The zero-order valence-corrected chi connectivity index (χ0v) is 12.0. The lowest BCUT2D eigenvalue weighted by atomic mass is 10.3. The molecule has 0 aromatic carbocycles. The van der Waals surface area contributed by atoms with Crippen LogP contribution in [0.5, 0.6) is 0 Å². The van der Waals surface area contributed by atoms with Gasteiger partial charge < -0.3 is 5.32 Å². The second-order valence-corrected chi connectivity index (χ2v) is 5.78. The van der Waals surface area contributed by atoms with Crippen molar-refractivity contribution in [2.75, 3.05) is 12.4 Å². The molecule has 0 amide bonds. The third-order valence-electron chi connectivity index (χ3n) is 2.27. The lowest BCUT2D eigenvalue weighted by Crippen LogP contribution is -2.04. The van der Waals surface area contributed by atoms with Gasteiger partial charge >= 0.3 is 0 Å². The van der Waals surface area contributed by atoms with Gasteiger partial charge in [0.1, 0.15) is 0 Å². The molecule has 9 heteroatoms. The molecule has 0 saturated carbocycles. The number of tetrazole rings is 1. The van der Waals surface area contributed by atoms with E-state index in [2.05, 4.69) is 38.0 Å². The smallest absolute Gasteiger partial charge is 0.206 e. The number of unbranched alkanes of at least 4 members (excludes halogenated alkanes) is 1. The average Bonchev–Trinajstić information content (AvgIpc) is 3.02. The Balaban J connectivity index is 1.91. The first-order valence-corrected chi connectivity index (χ1v) is 7.52. The Hall–Kier alpha value is -1.22. The van der Waals surface area contributed by atoms with Crippen LogP contribution < -0.4 is 5.32 Å². The van der Waals surface area contributed by atoms with Gasteiger partial charge in [-0.1, -0.05) is 36.4 Å². The molecule has 18 heavy (non-hydrogen) atoms.